The molecule has 0 saturated carbocycles. The van der Waals surface area contributed by atoms with Crippen molar-refractivity contribution in [3.63, 3.8) is 0 Å². The van der Waals surface area contributed by atoms with Crippen molar-refractivity contribution in [1.29, 1.82) is 0 Å². The monoisotopic (exact) mass is 337 g/mol. The third-order valence-corrected chi connectivity index (χ3v) is 3.52. The van der Waals surface area contributed by atoms with Crippen LogP contribution in [0.4, 0.5) is 5.69 Å². The summed E-state index contributed by atoms with van der Waals surface area (Å²) in [6, 6.07) is 20.9. The summed E-state index contributed by atoms with van der Waals surface area (Å²) in [5, 5.41) is 4.84. The Bertz CT molecular complexity index is 851. The molecule has 1 aromatic heterocycles. The fourth-order valence-electron chi connectivity index (χ4n) is 2.17. The number of hydrogen-bond acceptors (Lipinski definition) is 2. The minimum atomic E-state index is 0.224. The van der Waals surface area contributed by atoms with E-state index in [9.17, 15) is 0 Å². The summed E-state index contributed by atoms with van der Waals surface area (Å²) in [6.45, 7) is 0. The molecule has 0 radical (unpaired) electrons. The fraction of sp³-hybridized carbons (Fsp3) is 0. The van der Waals surface area contributed by atoms with Crippen molar-refractivity contribution in [2.75, 3.05) is 0 Å². The highest BCUT2D eigenvalue weighted by atomic mass is 35.5. The molecule has 5 nitrogen and oxygen atoms in total. The van der Waals surface area contributed by atoms with Gasteiger partial charge < -0.3 is 10.3 Å². The van der Waals surface area contributed by atoms with Gasteiger partial charge in [-0.3, -0.25) is 0 Å². The predicted octanol–water partition coefficient (Wildman–Crippen LogP) is 3.70. The molecule has 0 saturated heterocycles. The number of para-hydroxylation sites is 1. The van der Waals surface area contributed by atoms with Gasteiger partial charge in [0.15, 0.2) is 0 Å². The first-order valence-electron chi connectivity index (χ1n) is 7.34. The molecule has 0 aliphatic rings. The van der Waals surface area contributed by atoms with Gasteiger partial charge in [-0.25, -0.2) is 10.4 Å². The summed E-state index contributed by atoms with van der Waals surface area (Å²) in [7, 11) is 0. The molecule has 0 fully saturated rings. The van der Waals surface area contributed by atoms with Crippen LogP contribution in [0.5, 0.6) is 0 Å². The number of rotatable bonds is 4. The van der Waals surface area contributed by atoms with Crippen molar-refractivity contribution < 1.29 is 0 Å². The highest BCUT2D eigenvalue weighted by Crippen LogP contribution is 2.15. The van der Waals surface area contributed by atoms with Gasteiger partial charge in [-0.1, -0.05) is 29.8 Å². The number of halogens is 1. The van der Waals surface area contributed by atoms with E-state index in [1.165, 1.54) is 0 Å². The lowest BCUT2D eigenvalue weighted by Crippen LogP contribution is -2.26. The zero-order valence-electron chi connectivity index (χ0n) is 12.8. The van der Waals surface area contributed by atoms with Crippen molar-refractivity contribution in [2.24, 2.45) is 15.8 Å². The third kappa shape index (κ3) is 4.02. The number of hydrazone groups is 1. The molecule has 0 spiro atoms. The Morgan fingerprint density at radius 3 is 2.50 bits per heavy atom. The summed E-state index contributed by atoms with van der Waals surface area (Å²) in [6.07, 6.45) is 3.63. The molecule has 2 aromatic carbocycles. The van der Waals surface area contributed by atoms with Crippen LogP contribution in [0.25, 0.3) is 5.69 Å². The van der Waals surface area contributed by atoms with Crippen molar-refractivity contribution >= 4 is 29.5 Å². The summed E-state index contributed by atoms with van der Waals surface area (Å²) in [5.74, 6) is 0.224. The lowest BCUT2D eigenvalue weighted by atomic mass is 10.3. The van der Waals surface area contributed by atoms with E-state index in [0.717, 1.165) is 17.1 Å². The van der Waals surface area contributed by atoms with Gasteiger partial charge in [0, 0.05) is 16.9 Å². The highest BCUT2D eigenvalue weighted by molar-refractivity contribution is 6.30. The molecule has 6 heteroatoms. The predicted molar refractivity (Wildman–Crippen MR) is 99.2 cm³/mol. The number of guanidine groups is 1. The molecule has 3 aromatic rings. The minimum Gasteiger partial charge on any atom is -0.368 e. The molecule has 24 heavy (non-hydrogen) atoms. The summed E-state index contributed by atoms with van der Waals surface area (Å²) < 4.78 is 1.99. The van der Waals surface area contributed by atoms with Crippen molar-refractivity contribution in [3.05, 3.63) is 83.6 Å². The van der Waals surface area contributed by atoms with Crippen LogP contribution < -0.4 is 11.2 Å². The smallest absolute Gasteiger partial charge is 0.214 e. The second-order valence-electron chi connectivity index (χ2n) is 4.98. The fourth-order valence-corrected chi connectivity index (χ4v) is 2.29. The number of aliphatic imine (C=N–C) groups is 1. The second-order valence-corrected chi connectivity index (χ2v) is 5.42. The summed E-state index contributed by atoms with van der Waals surface area (Å²) in [4.78, 5) is 4.22. The first-order valence-corrected chi connectivity index (χ1v) is 7.72. The molecule has 0 bridgehead atoms. The van der Waals surface area contributed by atoms with E-state index >= 15 is 0 Å². The Morgan fingerprint density at radius 1 is 1.00 bits per heavy atom. The number of hydrogen-bond donors (Lipinski definition) is 2. The Morgan fingerprint density at radius 2 is 1.75 bits per heavy atom. The van der Waals surface area contributed by atoms with Gasteiger partial charge in [0.05, 0.1) is 17.6 Å². The maximum atomic E-state index is 5.93. The topological polar surface area (TPSA) is 67.7 Å². The van der Waals surface area contributed by atoms with Crippen molar-refractivity contribution in [2.45, 2.75) is 0 Å². The van der Waals surface area contributed by atoms with E-state index in [1.54, 1.807) is 6.21 Å². The molecular weight excluding hydrogens is 322 g/mol. The Labute approximate surface area is 145 Å². The standard InChI is InChI=1S/C18H16ClN5/c19-14-8-10-16(11-9-14)24-12-4-7-17(24)13-21-23-18(20)22-15-5-2-1-3-6-15/h1-13H,(H3,20,22,23). The zero-order chi connectivity index (χ0) is 16.8. The van der Waals surface area contributed by atoms with Gasteiger partial charge in [-0.15, -0.1) is 0 Å². The van der Waals surface area contributed by atoms with Crippen LogP contribution in [0, 0.1) is 0 Å². The summed E-state index contributed by atoms with van der Waals surface area (Å²) in [5.41, 5.74) is 11.2. The molecule has 0 aliphatic carbocycles. The van der Waals surface area contributed by atoms with E-state index in [1.807, 2.05) is 77.5 Å². The lowest BCUT2D eigenvalue weighted by molar-refractivity contribution is 1.00. The molecule has 3 N–H and O–H groups in total. The highest BCUT2D eigenvalue weighted by Gasteiger charge is 2.01. The number of nitrogens with one attached hydrogen (secondary N) is 1. The van der Waals surface area contributed by atoms with Crippen LogP contribution in [-0.4, -0.2) is 16.7 Å². The molecular formula is C18H16ClN5. The average molecular weight is 338 g/mol. The van der Waals surface area contributed by atoms with Gasteiger partial charge >= 0.3 is 0 Å². The number of aromatic nitrogens is 1. The number of nitrogens with zero attached hydrogens (tertiary/aromatic N) is 3. The van der Waals surface area contributed by atoms with E-state index in [4.69, 9.17) is 17.3 Å². The maximum absolute atomic E-state index is 5.93. The van der Waals surface area contributed by atoms with Crippen LogP contribution in [-0.2, 0) is 0 Å². The Kier molecular flexibility index (Phi) is 4.93. The average Bonchev–Trinajstić information content (AvgIpc) is 3.05. The van der Waals surface area contributed by atoms with Crippen LogP contribution in [0.3, 0.4) is 0 Å². The second kappa shape index (κ2) is 7.48. The van der Waals surface area contributed by atoms with Crippen molar-refractivity contribution in [3.8, 4) is 5.69 Å². The van der Waals surface area contributed by atoms with Gasteiger partial charge in [-0.2, -0.15) is 5.10 Å². The largest absolute Gasteiger partial charge is 0.368 e. The van der Waals surface area contributed by atoms with Gasteiger partial charge in [0.2, 0.25) is 5.96 Å². The zero-order valence-corrected chi connectivity index (χ0v) is 13.6. The third-order valence-electron chi connectivity index (χ3n) is 3.27. The Hall–Kier alpha value is -3.05. The van der Waals surface area contributed by atoms with Gasteiger partial charge in [0.1, 0.15) is 0 Å². The molecule has 3 rings (SSSR count). The van der Waals surface area contributed by atoms with Gasteiger partial charge in [-0.05, 0) is 48.5 Å². The van der Waals surface area contributed by atoms with Crippen molar-refractivity contribution in [1.82, 2.24) is 9.99 Å². The van der Waals surface area contributed by atoms with E-state index in [2.05, 4.69) is 15.5 Å². The first kappa shape index (κ1) is 15.8. The normalized spacial score (nSPS) is 11.8. The molecule has 1 heterocycles. The van der Waals surface area contributed by atoms with Gasteiger partial charge in [0.25, 0.3) is 0 Å². The maximum Gasteiger partial charge on any atom is 0.214 e. The van der Waals surface area contributed by atoms with E-state index in [0.29, 0.717) is 5.02 Å². The quantitative estimate of drug-likeness (QED) is 0.433. The Balaban J connectivity index is 1.71. The van der Waals surface area contributed by atoms with E-state index < -0.39 is 0 Å². The molecule has 0 amide bonds. The van der Waals surface area contributed by atoms with Crippen LogP contribution in [0.2, 0.25) is 5.02 Å². The summed E-state index contributed by atoms with van der Waals surface area (Å²) >= 11 is 5.93. The molecule has 0 atom stereocenters. The molecule has 120 valence electrons. The number of nitrogens with two attached hydrogens (primary N) is 1. The lowest BCUT2D eigenvalue weighted by Gasteiger charge is -2.06. The van der Waals surface area contributed by atoms with Crippen LogP contribution >= 0.6 is 11.6 Å². The molecule has 0 aliphatic heterocycles. The van der Waals surface area contributed by atoms with Crippen LogP contribution in [0.1, 0.15) is 5.69 Å². The van der Waals surface area contributed by atoms with E-state index in [-0.39, 0.29) is 5.96 Å². The molecule has 0 unspecified atom stereocenters. The SMILES string of the molecule is NC(=Nc1ccccc1)NN=Cc1cccn1-c1ccc(Cl)cc1. The minimum absolute atomic E-state index is 0.224. The van der Waals surface area contributed by atoms with Crippen LogP contribution in [0.15, 0.2) is 83.0 Å². The first-order chi connectivity index (χ1) is 11.7. The number of benzene rings is 2.